The van der Waals surface area contributed by atoms with Gasteiger partial charge in [-0.1, -0.05) is 24.3 Å². The third-order valence-electron chi connectivity index (χ3n) is 4.10. The van der Waals surface area contributed by atoms with E-state index in [1.54, 1.807) is 0 Å². The minimum atomic E-state index is -0.766. The largest absolute Gasteiger partial charge is 0.481 e. The van der Waals surface area contributed by atoms with E-state index in [0.717, 1.165) is 24.2 Å². The van der Waals surface area contributed by atoms with Gasteiger partial charge in [0.2, 0.25) is 0 Å². The van der Waals surface area contributed by atoms with Crippen LogP contribution in [0.2, 0.25) is 0 Å². The average molecular weight is 276 g/mol. The van der Waals surface area contributed by atoms with Gasteiger partial charge in [0.05, 0.1) is 6.42 Å². The van der Waals surface area contributed by atoms with Crippen molar-refractivity contribution in [3.05, 3.63) is 35.4 Å². The molecule has 1 aliphatic heterocycles. The molecule has 0 radical (unpaired) electrons. The normalized spacial score (nSPS) is 20.2. The zero-order valence-electron chi connectivity index (χ0n) is 12.4. The zero-order valence-corrected chi connectivity index (χ0v) is 12.4. The molecule has 0 aliphatic carbocycles. The molecule has 0 spiro atoms. The van der Waals surface area contributed by atoms with Gasteiger partial charge in [0.25, 0.3) is 0 Å². The molecule has 0 bridgehead atoms. The SMILES string of the molecule is CN1CCCC(N(C)Cc2ccccc2CC(=O)O)C1. The lowest BCUT2D eigenvalue weighted by Crippen LogP contribution is -2.44. The van der Waals surface area contributed by atoms with E-state index < -0.39 is 5.97 Å². The third kappa shape index (κ3) is 4.05. The smallest absolute Gasteiger partial charge is 0.307 e. The molecule has 1 fully saturated rings. The lowest BCUT2D eigenvalue weighted by Gasteiger charge is -2.36. The Kier molecular flexibility index (Phi) is 5.15. The summed E-state index contributed by atoms with van der Waals surface area (Å²) in [6.45, 7) is 3.10. The number of piperidine rings is 1. The third-order valence-corrected chi connectivity index (χ3v) is 4.10. The van der Waals surface area contributed by atoms with Crippen LogP contribution in [0.1, 0.15) is 24.0 Å². The molecular weight excluding hydrogens is 252 g/mol. The highest BCUT2D eigenvalue weighted by molar-refractivity contribution is 5.70. The van der Waals surface area contributed by atoms with Crippen molar-refractivity contribution in [3.63, 3.8) is 0 Å². The number of aliphatic carboxylic acids is 1. The maximum atomic E-state index is 10.9. The van der Waals surface area contributed by atoms with Crippen LogP contribution in [0.15, 0.2) is 24.3 Å². The van der Waals surface area contributed by atoms with Gasteiger partial charge in [-0.2, -0.15) is 0 Å². The summed E-state index contributed by atoms with van der Waals surface area (Å²) in [5, 5.41) is 8.99. The van der Waals surface area contributed by atoms with Crippen LogP contribution in [0, 0.1) is 0 Å². The number of rotatable bonds is 5. The lowest BCUT2D eigenvalue weighted by molar-refractivity contribution is -0.136. The first kappa shape index (κ1) is 15.0. The summed E-state index contributed by atoms with van der Waals surface area (Å²) < 4.78 is 0. The number of nitrogens with zero attached hydrogens (tertiary/aromatic N) is 2. The van der Waals surface area contributed by atoms with Crippen LogP contribution in [0.4, 0.5) is 0 Å². The molecule has 1 N–H and O–H groups in total. The van der Waals surface area contributed by atoms with E-state index in [9.17, 15) is 4.79 Å². The van der Waals surface area contributed by atoms with Gasteiger partial charge >= 0.3 is 5.97 Å². The molecule has 1 atom stereocenters. The van der Waals surface area contributed by atoms with Crippen LogP contribution in [0.3, 0.4) is 0 Å². The minimum Gasteiger partial charge on any atom is -0.481 e. The minimum absolute atomic E-state index is 0.106. The fourth-order valence-corrected chi connectivity index (χ4v) is 2.94. The number of likely N-dealkylation sites (tertiary alicyclic amines) is 1. The number of hydrogen-bond donors (Lipinski definition) is 1. The van der Waals surface area contributed by atoms with Gasteiger partial charge in [-0.05, 0) is 44.6 Å². The van der Waals surface area contributed by atoms with E-state index in [2.05, 4.69) is 23.9 Å². The van der Waals surface area contributed by atoms with Gasteiger partial charge < -0.3 is 10.0 Å². The highest BCUT2D eigenvalue weighted by Gasteiger charge is 2.21. The molecule has 0 aromatic heterocycles. The molecule has 1 aromatic carbocycles. The van der Waals surface area contributed by atoms with E-state index in [-0.39, 0.29) is 6.42 Å². The Bertz CT molecular complexity index is 462. The van der Waals surface area contributed by atoms with Crippen molar-refractivity contribution in [3.8, 4) is 0 Å². The predicted molar refractivity (Wildman–Crippen MR) is 79.8 cm³/mol. The molecule has 2 rings (SSSR count). The fraction of sp³-hybridized carbons (Fsp3) is 0.562. The molecule has 1 aliphatic rings. The topological polar surface area (TPSA) is 43.8 Å². The van der Waals surface area contributed by atoms with E-state index >= 15 is 0 Å². The summed E-state index contributed by atoms with van der Waals surface area (Å²) in [5.41, 5.74) is 2.06. The molecule has 0 amide bonds. The van der Waals surface area contributed by atoms with E-state index in [0.29, 0.717) is 6.04 Å². The average Bonchev–Trinajstić information content (AvgIpc) is 2.40. The van der Waals surface area contributed by atoms with Gasteiger partial charge in [-0.3, -0.25) is 9.69 Å². The zero-order chi connectivity index (χ0) is 14.5. The van der Waals surface area contributed by atoms with Gasteiger partial charge in [0, 0.05) is 19.1 Å². The van der Waals surface area contributed by atoms with Crippen LogP contribution >= 0.6 is 0 Å². The van der Waals surface area contributed by atoms with Crippen molar-refractivity contribution >= 4 is 5.97 Å². The molecule has 1 unspecified atom stereocenters. The molecule has 1 heterocycles. The Hall–Kier alpha value is -1.39. The molecular formula is C16H24N2O2. The fourth-order valence-electron chi connectivity index (χ4n) is 2.94. The van der Waals surface area contributed by atoms with E-state index in [4.69, 9.17) is 5.11 Å². The van der Waals surface area contributed by atoms with Gasteiger partial charge in [-0.15, -0.1) is 0 Å². The van der Waals surface area contributed by atoms with Crippen LogP contribution in [-0.2, 0) is 17.8 Å². The molecule has 4 nitrogen and oxygen atoms in total. The van der Waals surface area contributed by atoms with E-state index in [1.165, 1.54) is 19.4 Å². The monoisotopic (exact) mass is 276 g/mol. The maximum Gasteiger partial charge on any atom is 0.307 e. The second-order valence-corrected chi connectivity index (χ2v) is 5.81. The van der Waals surface area contributed by atoms with Crippen molar-refractivity contribution in [2.75, 3.05) is 27.2 Å². The molecule has 20 heavy (non-hydrogen) atoms. The van der Waals surface area contributed by atoms with Crippen molar-refractivity contribution in [2.45, 2.75) is 31.8 Å². The highest BCUT2D eigenvalue weighted by atomic mass is 16.4. The van der Waals surface area contributed by atoms with Crippen molar-refractivity contribution in [2.24, 2.45) is 0 Å². The molecule has 0 saturated carbocycles. The summed E-state index contributed by atoms with van der Waals surface area (Å²) in [6, 6.07) is 8.43. The van der Waals surface area contributed by atoms with Gasteiger partial charge in [0.1, 0.15) is 0 Å². The van der Waals surface area contributed by atoms with Crippen LogP contribution in [0.25, 0.3) is 0 Å². The molecule has 1 saturated heterocycles. The maximum absolute atomic E-state index is 10.9. The lowest BCUT2D eigenvalue weighted by atomic mass is 10.0. The second-order valence-electron chi connectivity index (χ2n) is 5.81. The summed E-state index contributed by atoms with van der Waals surface area (Å²) in [4.78, 5) is 15.7. The quantitative estimate of drug-likeness (QED) is 0.891. The standard InChI is InChI=1S/C16H24N2O2/c1-17-9-5-8-15(12-17)18(2)11-14-7-4-3-6-13(14)10-16(19)20/h3-4,6-7,15H,5,8-12H2,1-2H3,(H,19,20). The number of carboxylic acid groups (broad SMARTS) is 1. The summed E-state index contributed by atoms with van der Waals surface area (Å²) in [6.07, 6.45) is 2.57. The Morgan fingerprint density at radius 3 is 2.75 bits per heavy atom. The number of carboxylic acids is 1. The summed E-state index contributed by atoms with van der Waals surface area (Å²) in [5.74, 6) is -0.766. The second kappa shape index (κ2) is 6.86. The van der Waals surface area contributed by atoms with Crippen molar-refractivity contribution in [1.82, 2.24) is 9.80 Å². The van der Waals surface area contributed by atoms with Crippen LogP contribution in [0.5, 0.6) is 0 Å². The first-order chi connectivity index (χ1) is 9.56. The summed E-state index contributed by atoms with van der Waals surface area (Å²) >= 11 is 0. The Morgan fingerprint density at radius 2 is 2.10 bits per heavy atom. The molecule has 110 valence electrons. The first-order valence-electron chi connectivity index (χ1n) is 7.23. The van der Waals surface area contributed by atoms with Crippen LogP contribution in [-0.4, -0.2) is 54.1 Å². The number of hydrogen-bond acceptors (Lipinski definition) is 3. The summed E-state index contributed by atoms with van der Waals surface area (Å²) in [7, 11) is 4.31. The number of benzene rings is 1. The van der Waals surface area contributed by atoms with E-state index in [1.807, 2.05) is 24.3 Å². The van der Waals surface area contributed by atoms with Crippen molar-refractivity contribution in [1.29, 1.82) is 0 Å². The predicted octanol–water partition coefficient (Wildman–Crippen LogP) is 1.84. The molecule has 1 aromatic rings. The number of likely N-dealkylation sites (N-methyl/N-ethyl adjacent to an activating group) is 2. The van der Waals surface area contributed by atoms with Gasteiger partial charge in [-0.25, -0.2) is 0 Å². The van der Waals surface area contributed by atoms with Gasteiger partial charge in [0.15, 0.2) is 0 Å². The highest BCUT2D eigenvalue weighted by Crippen LogP contribution is 2.18. The van der Waals surface area contributed by atoms with Crippen LogP contribution < -0.4 is 0 Å². The first-order valence-corrected chi connectivity index (χ1v) is 7.23. The Labute approximate surface area is 121 Å². The number of carbonyl (C=O) groups is 1. The Morgan fingerprint density at radius 1 is 1.40 bits per heavy atom. The van der Waals surface area contributed by atoms with Crippen molar-refractivity contribution < 1.29 is 9.90 Å². The molecule has 4 heteroatoms. The Balaban J connectivity index is 2.03.